The van der Waals surface area contributed by atoms with Crippen LogP contribution in [-0.2, 0) is 0 Å². The van der Waals surface area contributed by atoms with E-state index in [4.69, 9.17) is 11.6 Å². The minimum Gasteiger partial charge on any atom is -0.228 e. The Kier molecular flexibility index (Phi) is 3.19. The van der Waals surface area contributed by atoms with Gasteiger partial charge in [0.2, 0.25) is 0 Å². The number of hydrogen-bond donors (Lipinski definition) is 0. The van der Waals surface area contributed by atoms with Crippen LogP contribution in [0, 0.1) is 0 Å². The lowest BCUT2D eigenvalue weighted by atomic mass is 10.00. The van der Waals surface area contributed by atoms with Gasteiger partial charge in [0.1, 0.15) is 5.15 Å². The second-order valence-corrected chi connectivity index (χ2v) is 6.44. The van der Waals surface area contributed by atoms with E-state index in [2.05, 4.69) is 64.6 Å². The van der Waals surface area contributed by atoms with Gasteiger partial charge in [0, 0.05) is 10.9 Å². The summed E-state index contributed by atoms with van der Waals surface area (Å²) in [6.45, 7) is 0. The molecule has 4 aromatic carbocycles. The van der Waals surface area contributed by atoms with Gasteiger partial charge in [0.15, 0.2) is 5.82 Å². The standard InChI is InChI=1S/C22H13ClN2/c23-21-19-7-3-4-8-20(19)24-22(25-21)16-11-12-18-15(13-16)10-9-14-5-1-2-6-17(14)18/h1-13H. The molecule has 0 saturated heterocycles. The molecule has 0 fully saturated rings. The van der Waals surface area contributed by atoms with Gasteiger partial charge in [-0.1, -0.05) is 72.3 Å². The number of fused-ring (bicyclic) bond motifs is 4. The third kappa shape index (κ3) is 2.34. The molecule has 0 N–H and O–H groups in total. The molecule has 25 heavy (non-hydrogen) atoms. The molecule has 118 valence electrons. The summed E-state index contributed by atoms with van der Waals surface area (Å²) in [7, 11) is 0. The van der Waals surface area contributed by atoms with Gasteiger partial charge >= 0.3 is 0 Å². The molecule has 0 aliphatic carbocycles. The Morgan fingerprint density at radius 3 is 2.24 bits per heavy atom. The molecule has 0 atom stereocenters. The number of aromatic nitrogens is 2. The van der Waals surface area contributed by atoms with Gasteiger partial charge in [-0.2, -0.15) is 0 Å². The van der Waals surface area contributed by atoms with Gasteiger partial charge in [-0.15, -0.1) is 0 Å². The van der Waals surface area contributed by atoms with Gasteiger partial charge in [0.05, 0.1) is 5.52 Å². The van der Waals surface area contributed by atoms with Crippen molar-refractivity contribution in [2.45, 2.75) is 0 Å². The fourth-order valence-corrected chi connectivity index (χ4v) is 3.56. The number of benzene rings is 4. The normalized spacial score (nSPS) is 11.4. The predicted molar refractivity (Wildman–Crippen MR) is 105 cm³/mol. The SMILES string of the molecule is Clc1nc(-c2ccc3c(ccc4ccccc43)c2)nc2ccccc12. The molecular formula is C22H13ClN2. The quantitative estimate of drug-likeness (QED) is 0.266. The van der Waals surface area contributed by atoms with Crippen molar-refractivity contribution in [2.24, 2.45) is 0 Å². The minimum absolute atomic E-state index is 0.485. The summed E-state index contributed by atoms with van der Waals surface area (Å²) in [6, 6.07) is 26.8. The lowest BCUT2D eigenvalue weighted by Crippen LogP contribution is -1.92. The van der Waals surface area contributed by atoms with Gasteiger partial charge in [0.25, 0.3) is 0 Å². The van der Waals surface area contributed by atoms with Crippen molar-refractivity contribution in [3.8, 4) is 11.4 Å². The maximum Gasteiger partial charge on any atom is 0.161 e. The Morgan fingerprint density at radius 2 is 1.32 bits per heavy atom. The summed E-state index contributed by atoms with van der Waals surface area (Å²) in [5.41, 5.74) is 1.83. The maximum atomic E-state index is 6.36. The van der Waals surface area contributed by atoms with Crippen LogP contribution < -0.4 is 0 Å². The monoisotopic (exact) mass is 340 g/mol. The molecule has 0 amide bonds. The molecule has 5 rings (SSSR count). The second-order valence-electron chi connectivity index (χ2n) is 6.08. The van der Waals surface area contributed by atoms with E-state index in [0.29, 0.717) is 11.0 Å². The largest absolute Gasteiger partial charge is 0.228 e. The van der Waals surface area contributed by atoms with Crippen LogP contribution in [0.1, 0.15) is 0 Å². The van der Waals surface area contributed by atoms with Crippen molar-refractivity contribution in [3.63, 3.8) is 0 Å². The summed E-state index contributed by atoms with van der Waals surface area (Å²) >= 11 is 6.36. The molecule has 0 aliphatic rings. The van der Waals surface area contributed by atoms with Crippen LogP contribution in [0.2, 0.25) is 5.15 Å². The van der Waals surface area contributed by atoms with Crippen LogP contribution in [-0.4, -0.2) is 9.97 Å². The zero-order chi connectivity index (χ0) is 16.8. The van der Waals surface area contributed by atoms with Crippen molar-refractivity contribution in [3.05, 3.63) is 84.0 Å². The zero-order valence-electron chi connectivity index (χ0n) is 13.3. The first-order chi connectivity index (χ1) is 12.3. The average Bonchev–Trinajstić information content (AvgIpc) is 2.67. The number of hydrogen-bond acceptors (Lipinski definition) is 2. The summed E-state index contributed by atoms with van der Waals surface area (Å²) in [6.07, 6.45) is 0. The van der Waals surface area contributed by atoms with Crippen molar-refractivity contribution in [1.82, 2.24) is 9.97 Å². The van der Waals surface area contributed by atoms with E-state index >= 15 is 0 Å². The van der Waals surface area contributed by atoms with Crippen LogP contribution in [0.5, 0.6) is 0 Å². The summed E-state index contributed by atoms with van der Waals surface area (Å²) in [4.78, 5) is 9.17. The molecule has 0 unspecified atom stereocenters. The first kappa shape index (κ1) is 14.4. The van der Waals surface area contributed by atoms with Crippen LogP contribution >= 0.6 is 11.6 Å². The fourth-order valence-electron chi connectivity index (χ4n) is 3.32. The van der Waals surface area contributed by atoms with Crippen LogP contribution in [0.3, 0.4) is 0 Å². The summed E-state index contributed by atoms with van der Waals surface area (Å²) in [5, 5.41) is 6.26. The van der Waals surface area contributed by atoms with E-state index in [1.165, 1.54) is 21.5 Å². The third-order valence-electron chi connectivity index (χ3n) is 4.56. The van der Waals surface area contributed by atoms with Gasteiger partial charge in [-0.05, 0) is 39.7 Å². The van der Waals surface area contributed by atoms with Crippen LogP contribution in [0.25, 0.3) is 43.8 Å². The van der Waals surface area contributed by atoms with E-state index in [0.717, 1.165) is 16.5 Å². The Balaban J connectivity index is 1.74. The highest BCUT2D eigenvalue weighted by Crippen LogP contribution is 2.30. The van der Waals surface area contributed by atoms with E-state index in [1.807, 2.05) is 24.3 Å². The minimum atomic E-state index is 0.485. The third-order valence-corrected chi connectivity index (χ3v) is 4.85. The first-order valence-electron chi connectivity index (χ1n) is 8.14. The zero-order valence-corrected chi connectivity index (χ0v) is 14.0. The molecular weight excluding hydrogens is 328 g/mol. The van der Waals surface area contributed by atoms with Crippen molar-refractivity contribution in [2.75, 3.05) is 0 Å². The molecule has 0 bridgehead atoms. The molecule has 1 heterocycles. The summed E-state index contributed by atoms with van der Waals surface area (Å²) in [5.74, 6) is 0.652. The highest BCUT2D eigenvalue weighted by molar-refractivity contribution is 6.34. The van der Waals surface area contributed by atoms with Crippen molar-refractivity contribution >= 4 is 44.0 Å². The Bertz CT molecular complexity index is 1260. The van der Waals surface area contributed by atoms with Crippen molar-refractivity contribution < 1.29 is 0 Å². The van der Waals surface area contributed by atoms with Crippen LogP contribution in [0.15, 0.2) is 78.9 Å². The van der Waals surface area contributed by atoms with E-state index in [-0.39, 0.29) is 0 Å². The molecule has 5 aromatic rings. The van der Waals surface area contributed by atoms with Gasteiger partial charge < -0.3 is 0 Å². The van der Waals surface area contributed by atoms with E-state index < -0.39 is 0 Å². The lowest BCUT2D eigenvalue weighted by molar-refractivity contribution is 1.23. The Hall–Kier alpha value is -2.97. The van der Waals surface area contributed by atoms with E-state index in [9.17, 15) is 0 Å². The average molecular weight is 341 g/mol. The molecule has 0 spiro atoms. The number of rotatable bonds is 1. The number of nitrogens with zero attached hydrogens (tertiary/aromatic N) is 2. The molecule has 0 saturated carbocycles. The smallest absolute Gasteiger partial charge is 0.161 e. The molecule has 0 radical (unpaired) electrons. The molecule has 2 nitrogen and oxygen atoms in total. The molecule has 3 heteroatoms. The predicted octanol–water partition coefficient (Wildman–Crippen LogP) is 6.26. The van der Waals surface area contributed by atoms with Gasteiger partial charge in [-0.25, -0.2) is 9.97 Å². The Labute approximate surface area is 149 Å². The van der Waals surface area contributed by atoms with E-state index in [1.54, 1.807) is 0 Å². The topological polar surface area (TPSA) is 25.8 Å². The first-order valence-corrected chi connectivity index (χ1v) is 8.51. The van der Waals surface area contributed by atoms with Gasteiger partial charge in [-0.3, -0.25) is 0 Å². The number of halogens is 1. The number of para-hydroxylation sites is 1. The second kappa shape index (κ2) is 5.54. The fraction of sp³-hybridized carbons (Fsp3) is 0. The lowest BCUT2D eigenvalue weighted by Gasteiger charge is -2.08. The van der Waals surface area contributed by atoms with Crippen LogP contribution in [0.4, 0.5) is 0 Å². The summed E-state index contributed by atoms with van der Waals surface area (Å²) < 4.78 is 0. The molecule has 1 aromatic heterocycles. The molecule has 0 aliphatic heterocycles. The highest BCUT2D eigenvalue weighted by atomic mass is 35.5. The highest BCUT2D eigenvalue weighted by Gasteiger charge is 2.09. The maximum absolute atomic E-state index is 6.36. The Morgan fingerprint density at radius 1 is 0.600 bits per heavy atom. The van der Waals surface area contributed by atoms with Crippen molar-refractivity contribution in [1.29, 1.82) is 0 Å².